The van der Waals surface area contributed by atoms with Crippen LogP contribution in [0.2, 0.25) is 0 Å². The molecule has 1 saturated carbocycles. The van der Waals surface area contributed by atoms with E-state index >= 15 is 0 Å². The maximum Gasteiger partial charge on any atom is 0.228 e. The second-order valence-electron chi connectivity index (χ2n) is 5.98. The first-order valence-electron chi connectivity index (χ1n) is 7.01. The van der Waals surface area contributed by atoms with E-state index in [-0.39, 0.29) is 23.3 Å². The smallest absolute Gasteiger partial charge is 0.228 e. The number of amides is 1. The van der Waals surface area contributed by atoms with E-state index < -0.39 is 0 Å². The van der Waals surface area contributed by atoms with Gasteiger partial charge < -0.3 is 10.6 Å². The van der Waals surface area contributed by atoms with Crippen molar-refractivity contribution in [2.24, 2.45) is 17.3 Å². The molecule has 1 saturated heterocycles. The Balaban J connectivity index is 2.04. The fourth-order valence-corrected chi connectivity index (χ4v) is 3.26. The Kier molecular flexibility index (Phi) is 3.91. The SMILES string of the molecule is CC(C)C1(C(=O)NC2CCCC2C#N)CCNC1. The normalized spacial score (nSPS) is 35.7. The Morgan fingerprint density at radius 3 is 2.83 bits per heavy atom. The van der Waals surface area contributed by atoms with Gasteiger partial charge in [0.2, 0.25) is 5.91 Å². The Bertz CT molecular complexity index is 353. The zero-order valence-corrected chi connectivity index (χ0v) is 11.3. The standard InChI is InChI=1S/C14H23N3O/c1-10(2)14(6-7-16-9-14)13(18)17-12-5-3-4-11(12)8-15/h10-12,16H,3-7,9H2,1-2H3,(H,17,18). The summed E-state index contributed by atoms with van der Waals surface area (Å²) in [5, 5.41) is 15.5. The number of nitriles is 1. The van der Waals surface area contributed by atoms with Gasteiger partial charge in [-0.3, -0.25) is 4.79 Å². The minimum atomic E-state index is -0.275. The van der Waals surface area contributed by atoms with E-state index in [1.165, 1.54) is 0 Å². The predicted molar refractivity (Wildman–Crippen MR) is 69.6 cm³/mol. The fraction of sp³-hybridized carbons (Fsp3) is 0.857. The highest BCUT2D eigenvalue weighted by Gasteiger charge is 2.45. The summed E-state index contributed by atoms with van der Waals surface area (Å²) in [6.45, 7) is 5.91. The average Bonchev–Trinajstić information content (AvgIpc) is 2.97. The molecule has 4 heteroatoms. The number of hydrogen-bond donors (Lipinski definition) is 2. The fourth-order valence-electron chi connectivity index (χ4n) is 3.26. The van der Waals surface area contributed by atoms with Gasteiger partial charge in [-0.15, -0.1) is 0 Å². The van der Waals surface area contributed by atoms with Crippen LogP contribution < -0.4 is 10.6 Å². The van der Waals surface area contributed by atoms with Crippen molar-refractivity contribution in [1.29, 1.82) is 5.26 Å². The molecule has 100 valence electrons. The van der Waals surface area contributed by atoms with Crippen LogP contribution in [0.25, 0.3) is 0 Å². The largest absolute Gasteiger partial charge is 0.352 e. The van der Waals surface area contributed by atoms with Gasteiger partial charge in [0.05, 0.1) is 17.4 Å². The number of carbonyl (C=O) groups is 1. The van der Waals surface area contributed by atoms with Crippen molar-refractivity contribution >= 4 is 5.91 Å². The molecule has 3 unspecified atom stereocenters. The Hall–Kier alpha value is -1.08. The minimum absolute atomic E-state index is 0.00697. The minimum Gasteiger partial charge on any atom is -0.352 e. The molecule has 2 rings (SSSR count). The summed E-state index contributed by atoms with van der Waals surface area (Å²) >= 11 is 0. The summed E-state index contributed by atoms with van der Waals surface area (Å²) in [6, 6.07) is 2.39. The van der Waals surface area contributed by atoms with Crippen molar-refractivity contribution in [3.63, 3.8) is 0 Å². The summed E-state index contributed by atoms with van der Waals surface area (Å²) < 4.78 is 0. The molecular formula is C14H23N3O. The van der Waals surface area contributed by atoms with Crippen molar-refractivity contribution in [2.75, 3.05) is 13.1 Å². The molecule has 0 aromatic carbocycles. The first kappa shape index (κ1) is 13.4. The number of hydrogen-bond acceptors (Lipinski definition) is 3. The molecular weight excluding hydrogens is 226 g/mol. The monoisotopic (exact) mass is 249 g/mol. The molecule has 1 heterocycles. The molecule has 4 nitrogen and oxygen atoms in total. The van der Waals surface area contributed by atoms with Crippen LogP contribution in [0, 0.1) is 28.6 Å². The van der Waals surface area contributed by atoms with Crippen LogP contribution >= 0.6 is 0 Å². The zero-order valence-electron chi connectivity index (χ0n) is 11.3. The molecule has 1 aliphatic heterocycles. The van der Waals surface area contributed by atoms with Crippen LogP contribution in [-0.2, 0) is 4.79 Å². The third-order valence-corrected chi connectivity index (χ3v) is 4.74. The lowest BCUT2D eigenvalue weighted by Crippen LogP contribution is -2.50. The lowest BCUT2D eigenvalue weighted by Gasteiger charge is -2.33. The van der Waals surface area contributed by atoms with Crippen LogP contribution in [0.3, 0.4) is 0 Å². The van der Waals surface area contributed by atoms with E-state index in [0.717, 1.165) is 38.8 Å². The molecule has 0 bridgehead atoms. The van der Waals surface area contributed by atoms with Crippen molar-refractivity contribution in [1.82, 2.24) is 10.6 Å². The number of nitrogens with one attached hydrogen (secondary N) is 2. The van der Waals surface area contributed by atoms with Gasteiger partial charge in [-0.05, 0) is 38.1 Å². The lowest BCUT2D eigenvalue weighted by atomic mass is 9.75. The molecule has 2 N–H and O–H groups in total. The van der Waals surface area contributed by atoms with Crippen molar-refractivity contribution in [3.8, 4) is 6.07 Å². The average molecular weight is 249 g/mol. The first-order valence-corrected chi connectivity index (χ1v) is 7.01. The van der Waals surface area contributed by atoms with Crippen molar-refractivity contribution in [3.05, 3.63) is 0 Å². The summed E-state index contributed by atoms with van der Waals surface area (Å²) in [7, 11) is 0. The van der Waals surface area contributed by atoms with E-state index in [0.29, 0.717) is 5.92 Å². The third kappa shape index (κ3) is 2.24. The van der Waals surface area contributed by atoms with Gasteiger partial charge in [0.25, 0.3) is 0 Å². The van der Waals surface area contributed by atoms with Crippen LogP contribution in [0.15, 0.2) is 0 Å². The Morgan fingerprint density at radius 2 is 2.28 bits per heavy atom. The Morgan fingerprint density at radius 1 is 1.50 bits per heavy atom. The molecule has 18 heavy (non-hydrogen) atoms. The van der Waals surface area contributed by atoms with Crippen LogP contribution in [-0.4, -0.2) is 25.0 Å². The number of carbonyl (C=O) groups excluding carboxylic acids is 1. The van der Waals surface area contributed by atoms with Gasteiger partial charge in [0, 0.05) is 12.6 Å². The molecule has 0 radical (unpaired) electrons. The molecule has 3 atom stereocenters. The second kappa shape index (κ2) is 5.27. The molecule has 0 aromatic heterocycles. The Labute approximate surface area is 109 Å². The van der Waals surface area contributed by atoms with E-state index in [4.69, 9.17) is 5.26 Å². The van der Waals surface area contributed by atoms with Gasteiger partial charge in [0.1, 0.15) is 0 Å². The summed E-state index contributed by atoms with van der Waals surface area (Å²) in [6.07, 6.45) is 3.83. The zero-order chi connectivity index (χ0) is 13.2. The summed E-state index contributed by atoms with van der Waals surface area (Å²) in [5.74, 6) is 0.483. The second-order valence-corrected chi connectivity index (χ2v) is 5.98. The molecule has 1 amide bonds. The molecule has 0 aromatic rings. The van der Waals surface area contributed by atoms with Crippen LogP contribution in [0.1, 0.15) is 39.5 Å². The van der Waals surface area contributed by atoms with Crippen molar-refractivity contribution < 1.29 is 4.79 Å². The summed E-state index contributed by atoms with van der Waals surface area (Å²) in [4.78, 5) is 12.6. The maximum atomic E-state index is 12.6. The van der Waals surface area contributed by atoms with Crippen molar-refractivity contribution in [2.45, 2.75) is 45.6 Å². The van der Waals surface area contributed by atoms with Gasteiger partial charge >= 0.3 is 0 Å². The van der Waals surface area contributed by atoms with Gasteiger partial charge in [-0.25, -0.2) is 0 Å². The lowest BCUT2D eigenvalue weighted by molar-refractivity contribution is -0.133. The predicted octanol–water partition coefficient (Wildman–Crippen LogP) is 1.43. The highest BCUT2D eigenvalue weighted by atomic mass is 16.2. The van der Waals surface area contributed by atoms with Gasteiger partial charge in [0.15, 0.2) is 0 Å². The highest BCUT2D eigenvalue weighted by Crippen LogP contribution is 2.35. The third-order valence-electron chi connectivity index (χ3n) is 4.74. The van der Waals surface area contributed by atoms with Crippen LogP contribution in [0.5, 0.6) is 0 Å². The molecule has 1 aliphatic carbocycles. The number of rotatable bonds is 3. The van der Waals surface area contributed by atoms with E-state index in [1.807, 2.05) is 0 Å². The van der Waals surface area contributed by atoms with Crippen LogP contribution in [0.4, 0.5) is 0 Å². The number of nitrogens with zero attached hydrogens (tertiary/aromatic N) is 1. The van der Waals surface area contributed by atoms with E-state index in [1.54, 1.807) is 0 Å². The van der Waals surface area contributed by atoms with E-state index in [9.17, 15) is 4.79 Å². The topological polar surface area (TPSA) is 64.9 Å². The summed E-state index contributed by atoms with van der Waals surface area (Å²) in [5.41, 5.74) is -0.275. The van der Waals surface area contributed by atoms with E-state index in [2.05, 4.69) is 30.6 Å². The quantitative estimate of drug-likeness (QED) is 0.795. The highest BCUT2D eigenvalue weighted by molar-refractivity contribution is 5.84. The first-order chi connectivity index (χ1) is 8.60. The molecule has 2 fully saturated rings. The van der Waals surface area contributed by atoms with Gasteiger partial charge in [-0.2, -0.15) is 5.26 Å². The molecule has 0 spiro atoms. The molecule has 2 aliphatic rings. The maximum absolute atomic E-state index is 12.6. The van der Waals surface area contributed by atoms with Gasteiger partial charge in [-0.1, -0.05) is 13.8 Å².